The van der Waals surface area contributed by atoms with Gasteiger partial charge in [0.2, 0.25) is 0 Å². The second kappa shape index (κ2) is 8.91. The van der Waals surface area contributed by atoms with Crippen molar-refractivity contribution in [1.82, 2.24) is 5.32 Å². The lowest BCUT2D eigenvalue weighted by atomic mass is 10.1. The van der Waals surface area contributed by atoms with E-state index in [1.54, 1.807) is 30.3 Å². The molecule has 3 aromatic carbocycles. The van der Waals surface area contributed by atoms with E-state index in [4.69, 9.17) is 12.2 Å². The van der Waals surface area contributed by atoms with Crippen LogP contribution in [0.1, 0.15) is 15.9 Å². The van der Waals surface area contributed by atoms with Gasteiger partial charge in [0, 0.05) is 12.2 Å². The molecule has 0 aliphatic carbocycles. The van der Waals surface area contributed by atoms with Crippen LogP contribution in [0.3, 0.4) is 0 Å². The van der Waals surface area contributed by atoms with E-state index in [0.717, 1.165) is 5.56 Å². The number of halogens is 1. The molecule has 0 spiro atoms. The van der Waals surface area contributed by atoms with Crippen LogP contribution >= 0.6 is 12.2 Å². The molecule has 0 saturated carbocycles. The molecule has 27 heavy (non-hydrogen) atoms. The van der Waals surface area contributed by atoms with Crippen molar-refractivity contribution < 1.29 is 9.18 Å². The topological polar surface area (TPSA) is 53.2 Å². The second-order valence-electron chi connectivity index (χ2n) is 5.80. The van der Waals surface area contributed by atoms with Crippen LogP contribution in [0.15, 0.2) is 78.9 Å². The maximum atomic E-state index is 13.0. The third kappa shape index (κ3) is 5.36. The summed E-state index contributed by atoms with van der Waals surface area (Å²) >= 11 is 5.29. The Morgan fingerprint density at radius 3 is 2.26 bits per heavy atom. The third-order valence-corrected chi connectivity index (χ3v) is 4.02. The monoisotopic (exact) mass is 379 g/mol. The average molecular weight is 379 g/mol. The first kappa shape index (κ1) is 18.5. The molecule has 0 bridgehead atoms. The van der Waals surface area contributed by atoms with Gasteiger partial charge in [-0.2, -0.15) is 0 Å². The Bertz CT molecular complexity index is 930. The highest BCUT2D eigenvalue weighted by molar-refractivity contribution is 7.80. The summed E-state index contributed by atoms with van der Waals surface area (Å²) in [6, 6.07) is 22.6. The van der Waals surface area contributed by atoms with Crippen molar-refractivity contribution >= 4 is 34.6 Å². The van der Waals surface area contributed by atoms with Crippen LogP contribution in [0.5, 0.6) is 0 Å². The smallest absolute Gasteiger partial charge is 0.253 e. The van der Waals surface area contributed by atoms with Crippen LogP contribution in [-0.2, 0) is 6.54 Å². The van der Waals surface area contributed by atoms with Gasteiger partial charge < -0.3 is 16.0 Å². The van der Waals surface area contributed by atoms with Crippen LogP contribution < -0.4 is 16.0 Å². The summed E-state index contributed by atoms with van der Waals surface area (Å²) < 4.78 is 13.0. The molecule has 136 valence electrons. The van der Waals surface area contributed by atoms with Crippen molar-refractivity contribution in [2.45, 2.75) is 6.54 Å². The summed E-state index contributed by atoms with van der Waals surface area (Å²) in [4.78, 5) is 12.6. The fourth-order valence-electron chi connectivity index (χ4n) is 2.48. The highest BCUT2D eigenvalue weighted by Crippen LogP contribution is 2.16. The normalized spacial score (nSPS) is 10.1. The summed E-state index contributed by atoms with van der Waals surface area (Å²) in [5.74, 6) is -0.522. The zero-order valence-electron chi connectivity index (χ0n) is 14.4. The predicted molar refractivity (Wildman–Crippen MR) is 110 cm³/mol. The van der Waals surface area contributed by atoms with Gasteiger partial charge in [0.25, 0.3) is 5.91 Å². The Morgan fingerprint density at radius 1 is 0.852 bits per heavy atom. The molecular weight excluding hydrogens is 361 g/mol. The SMILES string of the molecule is O=C(NCc1ccccc1)c1ccccc1NC(=S)Nc1ccc(F)cc1. The molecule has 3 aromatic rings. The van der Waals surface area contributed by atoms with Crippen LogP contribution in [0.4, 0.5) is 15.8 Å². The minimum absolute atomic E-state index is 0.202. The number of amides is 1. The first-order valence-electron chi connectivity index (χ1n) is 8.36. The summed E-state index contributed by atoms with van der Waals surface area (Å²) in [6.07, 6.45) is 0. The third-order valence-electron chi connectivity index (χ3n) is 3.82. The molecule has 3 rings (SSSR count). The Hall–Kier alpha value is -3.25. The number of thiocarbonyl (C=S) groups is 1. The first-order valence-corrected chi connectivity index (χ1v) is 8.77. The van der Waals surface area contributed by atoms with Gasteiger partial charge in [-0.05, 0) is 54.2 Å². The van der Waals surface area contributed by atoms with E-state index in [0.29, 0.717) is 28.6 Å². The molecule has 1 amide bonds. The Labute approximate surface area is 162 Å². The summed E-state index contributed by atoms with van der Waals surface area (Å²) in [7, 11) is 0. The zero-order chi connectivity index (χ0) is 19.1. The number of benzene rings is 3. The van der Waals surface area contributed by atoms with Crippen molar-refractivity contribution in [3.63, 3.8) is 0 Å². The lowest BCUT2D eigenvalue weighted by molar-refractivity contribution is 0.0952. The van der Waals surface area contributed by atoms with E-state index >= 15 is 0 Å². The van der Waals surface area contributed by atoms with Crippen LogP contribution in [0, 0.1) is 5.82 Å². The van der Waals surface area contributed by atoms with Gasteiger partial charge in [-0.1, -0.05) is 42.5 Å². The maximum Gasteiger partial charge on any atom is 0.253 e. The number of carbonyl (C=O) groups excluding carboxylic acids is 1. The molecule has 0 atom stereocenters. The van der Waals surface area contributed by atoms with Gasteiger partial charge in [0.05, 0.1) is 11.3 Å². The van der Waals surface area contributed by atoms with Gasteiger partial charge in [0.15, 0.2) is 5.11 Å². The summed E-state index contributed by atoms with van der Waals surface area (Å²) in [5.41, 5.74) is 2.74. The maximum absolute atomic E-state index is 13.0. The van der Waals surface area contributed by atoms with Crippen LogP contribution in [0.2, 0.25) is 0 Å². The number of rotatable bonds is 5. The van der Waals surface area contributed by atoms with E-state index in [1.165, 1.54) is 12.1 Å². The molecule has 0 saturated heterocycles. The van der Waals surface area contributed by atoms with E-state index in [9.17, 15) is 9.18 Å². The van der Waals surface area contributed by atoms with Crippen molar-refractivity contribution in [2.24, 2.45) is 0 Å². The Morgan fingerprint density at radius 2 is 1.52 bits per heavy atom. The molecular formula is C21H18FN3OS. The molecule has 0 radical (unpaired) electrons. The number of carbonyl (C=O) groups is 1. The van der Waals surface area contributed by atoms with Crippen molar-refractivity contribution in [3.8, 4) is 0 Å². The molecule has 4 nitrogen and oxygen atoms in total. The molecule has 0 heterocycles. The Kier molecular flexibility index (Phi) is 6.12. The van der Waals surface area contributed by atoms with Gasteiger partial charge in [-0.3, -0.25) is 4.79 Å². The van der Waals surface area contributed by atoms with Crippen molar-refractivity contribution in [1.29, 1.82) is 0 Å². The number of nitrogens with one attached hydrogen (secondary N) is 3. The largest absolute Gasteiger partial charge is 0.348 e. The van der Waals surface area contributed by atoms with E-state index in [2.05, 4.69) is 16.0 Å². The number of hydrogen-bond donors (Lipinski definition) is 3. The van der Waals surface area contributed by atoms with Crippen LogP contribution in [0.25, 0.3) is 0 Å². The molecule has 0 fully saturated rings. The number of hydrogen-bond acceptors (Lipinski definition) is 2. The lowest BCUT2D eigenvalue weighted by Gasteiger charge is -2.14. The fourth-order valence-corrected chi connectivity index (χ4v) is 2.71. The quantitative estimate of drug-likeness (QED) is 0.569. The molecule has 0 aliphatic heterocycles. The summed E-state index contributed by atoms with van der Waals surface area (Å²) in [5, 5.41) is 9.19. The molecule has 6 heteroatoms. The number of anilines is 2. The first-order chi connectivity index (χ1) is 13.1. The van der Waals surface area contributed by atoms with E-state index in [1.807, 2.05) is 36.4 Å². The standard InChI is InChI=1S/C21H18FN3OS/c22-16-10-12-17(13-11-16)24-21(27)25-19-9-5-4-8-18(19)20(26)23-14-15-6-2-1-3-7-15/h1-13H,14H2,(H,23,26)(H2,24,25,27). The van der Waals surface area contributed by atoms with Gasteiger partial charge in [0.1, 0.15) is 5.82 Å². The molecule has 0 aliphatic rings. The van der Waals surface area contributed by atoms with Crippen molar-refractivity contribution in [2.75, 3.05) is 10.6 Å². The Balaban J connectivity index is 1.65. The zero-order valence-corrected chi connectivity index (χ0v) is 15.2. The second-order valence-corrected chi connectivity index (χ2v) is 6.21. The van der Waals surface area contributed by atoms with Gasteiger partial charge in [-0.25, -0.2) is 4.39 Å². The predicted octanol–water partition coefficient (Wildman–Crippen LogP) is 4.56. The average Bonchev–Trinajstić information content (AvgIpc) is 2.69. The van der Waals surface area contributed by atoms with Gasteiger partial charge >= 0.3 is 0 Å². The fraction of sp³-hybridized carbons (Fsp3) is 0.0476. The van der Waals surface area contributed by atoms with Gasteiger partial charge in [-0.15, -0.1) is 0 Å². The minimum Gasteiger partial charge on any atom is -0.348 e. The molecule has 0 aromatic heterocycles. The minimum atomic E-state index is -0.320. The number of para-hydroxylation sites is 1. The highest BCUT2D eigenvalue weighted by atomic mass is 32.1. The molecule has 0 unspecified atom stereocenters. The molecule has 3 N–H and O–H groups in total. The van der Waals surface area contributed by atoms with Crippen LogP contribution in [-0.4, -0.2) is 11.0 Å². The van der Waals surface area contributed by atoms with E-state index in [-0.39, 0.29) is 11.7 Å². The lowest BCUT2D eigenvalue weighted by Crippen LogP contribution is -2.26. The highest BCUT2D eigenvalue weighted by Gasteiger charge is 2.11. The summed E-state index contributed by atoms with van der Waals surface area (Å²) in [6.45, 7) is 0.437. The van der Waals surface area contributed by atoms with Crippen molar-refractivity contribution in [3.05, 3.63) is 95.8 Å². The van der Waals surface area contributed by atoms with E-state index < -0.39 is 0 Å².